The van der Waals surface area contributed by atoms with E-state index in [9.17, 15) is 4.39 Å². The summed E-state index contributed by atoms with van der Waals surface area (Å²) >= 11 is 0. The summed E-state index contributed by atoms with van der Waals surface area (Å²) in [5.74, 6) is -0.197. The maximum Gasteiger partial charge on any atom is 0.147 e. The monoisotopic (exact) mass is 144 g/mol. The van der Waals surface area contributed by atoms with Crippen molar-refractivity contribution in [3.05, 3.63) is 12.4 Å². The van der Waals surface area contributed by atoms with Gasteiger partial charge in [-0.25, -0.2) is 4.39 Å². The van der Waals surface area contributed by atoms with Gasteiger partial charge in [0.25, 0.3) is 0 Å². The van der Waals surface area contributed by atoms with Crippen LogP contribution in [0.1, 0.15) is 12.8 Å². The van der Waals surface area contributed by atoms with Crippen molar-refractivity contribution >= 4 is 0 Å². The van der Waals surface area contributed by atoms with Gasteiger partial charge in [0.1, 0.15) is 12.4 Å². The van der Waals surface area contributed by atoms with Crippen molar-refractivity contribution in [2.45, 2.75) is 18.9 Å². The van der Waals surface area contributed by atoms with Crippen molar-refractivity contribution in [2.24, 2.45) is 0 Å². The molecule has 0 bridgehead atoms. The molecule has 58 valence electrons. The highest BCUT2D eigenvalue weighted by Gasteiger charge is 2.38. The minimum absolute atomic E-state index is 0.197. The molecule has 0 aromatic heterocycles. The standard InChI is InChI=1S/C8H15FN/c1-7(9)6-10(2,3)8-4-5-8/h8H,1,4-6H2,2-3H3/q+1. The number of quaternary nitrogens is 1. The molecule has 0 amide bonds. The van der Waals surface area contributed by atoms with Crippen LogP contribution in [0.2, 0.25) is 0 Å². The Labute approximate surface area is 61.7 Å². The Balaban J connectivity index is 2.41. The number of hydrogen-bond acceptors (Lipinski definition) is 0. The number of rotatable bonds is 3. The second kappa shape index (κ2) is 2.35. The SMILES string of the molecule is C=C(F)C[N+](C)(C)C1CC1. The summed E-state index contributed by atoms with van der Waals surface area (Å²) in [6.45, 7) is 3.75. The minimum Gasteiger partial charge on any atom is -0.320 e. The quantitative estimate of drug-likeness (QED) is 0.529. The van der Waals surface area contributed by atoms with Crippen LogP contribution < -0.4 is 0 Å². The van der Waals surface area contributed by atoms with Gasteiger partial charge >= 0.3 is 0 Å². The van der Waals surface area contributed by atoms with E-state index in [1.165, 1.54) is 12.8 Å². The normalized spacial score (nSPS) is 19.1. The maximum absolute atomic E-state index is 12.4. The zero-order chi connectivity index (χ0) is 7.78. The lowest BCUT2D eigenvalue weighted by molar-refractivity contribution is -0.897. The first-order chi connectivity index (χ1) is 4.52. The van der Waals surface area contributed by atoms with Gasteiger partial charge in [-0.3, -0.25) is 0 Å². The number of nitrogens with zero attached hydrogens (tertiary/aromatic N) is 1. The van der Waals surface area contributed by atoms with Gasteiger partial charge < -0.3 is 4.48 Å². The Morgan fingerprint density at radius 1 is 1.60 bits per heavy atom. The van der Waals surface area contributed by atoms with E-state index in [0.29, 0.717) is 12.6 Å². The first-order valence-corrected chi connectivity index (χ1v) is 3.68. The molecule has 0 N–H and O–H groups in total. The molecule has 2 heteroatoms. The summed E-state index contributed by atoms with van der Waals surface area (Å²) < 4.78 is 13.1. The van der Waals surface area contributed by atoms with E-state index in [0.717, 1.165) is 4.48 Å². The van der Waals surface area contributed by atoms with Crippen LogP contribution in [-0.2, 0) is 0 Å². The molecule has 0 atom stereocenters. The zero-order valence-electron chi connectivity index (χ0n) is 6.73. The molecule has 1 fully saturated rings. The molecular formula is C8H15FN+. The molecule has 0 unspecified atom stereocenters. The molecule has 1 aliphatic rings. The third kappa shape index (κ3) is 1.81. The van der Waals surface area contributed by atoms with Gasteiger partial charge in [0.05, 0.1) is 20.1 Å². The summed E-state index contributed by atoms with van der Waals surface area (Å²) in [4.78, 5) is 0. The second-order valence-corrected chi connectivity index (χ2v) is 3.69. The van der Waals surface area contributed by atoms with Crippen molar-refractivity contribution in [1.29, 1.82) is 0 Å². The van der Waals surface area contributed by atoms with Gasteiger partial charge in [-0.05, 0) is 0 Å². The summed E-state index contributed by atoms with van der Waals surface area (Å²) in [6.07, 6.45) is 2.50. The van der Waals surface area contributed by atoms with E-state index < -0.39 is 0 Å². The average molecular weight is 144 g/mol. The van der Waals surface area contributed by atoms with Gasteiger partial charge in [-0.15, -0.1) is 0 Å². The van der Waals surface area contributed by atoms with Crippen molar-refractivity contribution in [3.8, 4) is 0 Å². The molecule has 0 aromatic carbocycles. The van der Waals surface area contributed by atoms with Crippen LogP contribution in [0.4, 0.5) is 4.39 Å². The summed E-state index contributed by atoms with van der Waals surface area (Å²) in [5, 5.41) is 0. The van der Waals surface area contributed by atoms with E-state index >= 15 is 0 Å². The van der Waals surface area contributed by atoms with Crippen LogP contribution in [0.15, 0.2) is 12.4 Å². The Morgan fingerprint density at radius 3 is 2.40 bits per heavy atom. The highest BCUT2D eigenvalue weighted by atomic mass is 19.1. The zero-order valence-corrected chi connectivity index (χ0v) is 6.73. The van der Waals surface area contributed by atoms with Gasteiger partial charge in [-0.2, -0.15) is 0 Å². The number of likely N-dealkylation sites (N-methyl/N-ethyl adjacent to an activating group) is 1. The summed E-state index contributed by atoms with van der Waals surface area (Å²) in [7, 11) is 4.12. The fraction of sp³-hybridized carbons (Fsp3) is 0.750. The van der Waals surface area contributed by atoms with Crippen molar-refractivity contribution < 1.29 is 8.87 Å². The van der Waals surface area contributed by atoms with E-state index in [-0.39, 0.29) is 5.83 Å². The van der Waals surface area contributed by atoms with Gasteiger partial charge in [0.2, 0.25) is 0 Å². The van der Waals surface area contributed by atoms with Gasteiger partial charge in [-0.1, -0.05) is 6.58 Å². The van der Waals surface area contributed by atoms with Gasteiger partial charge in [0.15, 0.2) is 0 Å². The Morgan fingerprint density at radius 2 is 2.10 bits per heavy atom. The molecule has 0 aliphatic heterocycles. The third-order valence-electron chi connectivity index (χ3n) is 2.11. The lowest BCUT2D eigenvalue weighted by atomic mass is 10.4. The fourth-order valence-electron chi connectivity index (χ4n) is 1.34. The van der Waals surface area contributed by atoms with Gasteiger partial charge in [0, 0.05) is 12.8 Å². The predicted molar refractivity (Wildman–Crippen MR) is 40.2 cm³/mol. The average Bonchev–Trinajstić information content (AvgIpc) is 2.35. The lowest BCUT2D eigenvalue weighted by Crippen LogP contribution is -2.42. The molecule has 1 nitrogen and oxygen atoms in total. The molecule has 0 radical (unpaired) electrons. The van der Waals surface area contributed by atoms with Crippen LogP contribution >= 0.6 is 0 Å². The van der Waals surface area contributed by atoms with E-state index in [4.69, 9.17) is 0 Å². The lowest BCUT2D eigenvalue weighted by Gasteiger charge is -2.28. The Hall–Kier alpha value is -0.370. The molecule has 1 aliphatic carbocycles. The molecule has 1 rings (SSSR count). The van der Waals surface area contributed by atoms with Crippen molar-refractivity contribution in [1.82, 2.24) is 0 Å². The third-order valence-corrected chi connectivity index (χ3v) is 2.11. The van der Waals surface area contributed by atoms with Crippen LogP contribution in [-0.4, -0.2) is 31.2 Å². The van der Waals surface area contributed by atoms with Crippen molar-refractivity contribution in [3.63, 3.8) is 0 Å². The number of hydrogen-bond donors (Lipinski definition) is 0. The Bertz CT molecular complexity index is 147. The van der Waals surface area contributed by atoms with Crippen molar-refractivity contribution in [2.75, 3.05) is 20.6 Å². The Kier molecular flexibility index (Phi) is 1.82. The molecule has 0 saturated heterocycles. The van der Waals surface area contributed by atoms with Crippen LogP contribution in [0, 0.1) is 0 Å². The molecule has 1 saturated carbocycles. The minimum atomic E-state index is -0.197. The molecule has 10 heavy (non-hydrogen) atoms. The highest BCUT2D eigenvalue weighted by molar-refractivity contribution is 4.83. The molecule has 0 aromatic rings. The maximum atomic E-state index is 12.4. The van der Waals surface area contributed by atoms with Crippen LogP contribution in [0.25, 0.3) is 0 Å². The first kappa shape index (κ1) is 7.73. The summed E-state index contributed by atoms with van der Waals surface area (Å²) in [6, 6.07) is 0.687. The summed E-state index contributed by atoms with van der Waals surface area (Å²) in [5.41, 5.74) is 0. The topological polar surface area (TPSA) is 0 Å². The van der Waals surface area contributed by atoms with E-state index in [1.807, 2.05) is 0 Å². The predicted octanol–water partition coefficient (Wildman–Crippen LogP) is 1.71. The highest BCUT2D eigenvalue weighted by Crippen LogP contribution is 2.31. The molecular weight excluding hydrogens is 129 g/mol. The largest absolute Gasteiger partial charge is 0.320 e. The van der Waals surface area contributed by atoms with Crippen LogP contribution in [0.3, 0.4) is 0 Å². The molecule has 0 heterocycles. The number of halogens is 1. The molecule has 0 spiro atoms. The van der Waals surface area contributed by atoms with E-state index in [1.54, 1.807) is 0 Å². The smallest absolute Gasteiger partial charge is 0.147 e. The van der Waals surface area contributed by atoms with Crippen LogP contribution in [0.5, 0.6) is 0 Å². The van der Waals surface area contributed by atoms with E-state index in [2.05, 4.69) is 20.7 Å². The first-order valence-electron chi connectivity index (χ1n) is 3.68. The second-order valence-electron chi connectivity index (χ2n) is 3.69. The fourth-order valence-corrected chi connectivity index (χ4v) is 1.34.